The fourth-order valence-corrected chi connectivity index (χ4v) is 4.14. The number of benzene rings is 2. The molecule has 1 N–H and O–H groups in total. The molecule has 0 bridgehead atoms. The van der Waals surface area contributed by atoms with Gasteiger partial charge in [-0.15, -0.1) is 0 Å². The van der Waals surface area contributed by atoms with Gasteiger partial charge in [0.05, 0.1) is 12.2 Å². The predicted molar refractivity (Wildman–Crippen MR) is 111 cm³/mol. The number of nitrogens with one attached hydrogen (secondary N) is 1. The van der Waals surface area contributed by atoms with E-state index in [9.17, 15) is 4.79 Å². The Balaban J connectivity index is 1.90. The van der Waals surface area contributed by atoms with E-state index in [1.54, 1.807) is 0 Å². The van der Waals surface area contributed by atoms with Gasteiger partial charge in [0.2, 0.25) is 5.91 Å². The van der Waals surface area contributed by atoms with Crippen LogP contribution in [0.2, 0.25) is 0 Å². The molecule has 1 amide bonds. The van der Waals surface area contributed by atoms with Crippen LogP contribution >= 0.6 is 0 Å². The number of nitriles is 1. The summed E-state index contributed by atoms with van der Waals surface area (Å²) in [5, 5.41) is 11.6. The Morgan fingerprint density at radius 3 is 2.57 bits per heavy atom. The lowest BCUT2D eigenvalue weighted by molar-refractivity contribution is -0.126. The lowest BCUT2D eigenvalue weighted by atomic mass is 9.73. The highest BCUT2D eigenvalue weighted by atomic mass is 16.5. The molecule has 0 radical (unpaired) electrons. The molecular formula is C24H28N2O2. The number of nitrogens with zero attached hydrogens (tertiary/aromatic N) is 1. The maximum absolute atomic E-state index is 12.7. The molecule has 0 heterocycles. The van der Waals surface area contributed by atoms with Crippen molar-refractivity contribution >= 4 is 5.91 Å². The van der Waals surface area contributed by atoms with Gasteiger partial charge < -0.3 is 10.1 Å². The average molecular weight is 377 g/mol. The third-order valence-corrected chi connectivity index (χ3v) is 5.34. The Bertz CT molecular complexity index is 836. The van der Waals surface area contributed by atoms with Crippen LogP contribution in [0.1, 0.15) is 51.0 Å². The minimum atomic E-state index is -0.0770. The van der Waals surface area contributed by atoms with Gasteiger partial charge in [0.1, 0.15) is 12.3 Å². The van der Waals surface area contributed by atoms with E-state index in [2.05, 4.69) is 29.6 Å². The number of hydrogen-bond acceptors (Lipinski definition) is 3. The van der Waals surface area contributed by atoms with E-state index in [4.69, 9.17) is 10.00 Å². The first-order chi connectivity index (χ1) is 13.6. The summed E-state index contributed by atoms with van der Waals surface area (Å²) in [5.41, 5.74) is 3.52. The van der Waals surface area contributed by atoms with Crippen molar-refractivity contribution in [3.05, 3.63) is 54.1 Å². The number of amides is 1. The Labute approximate surface area is 167 Å². The molecule has 2 unspecified atom stereocenters. The van der Waals surface area contributed by atoms with Gasteiger partial charge in [-0.05, 0) is 61.4 Å². The second-order valence-corrected chi connectivity index (χ2v) is 7.65. The minimum absolute atomic E-state index is 0.00161. The molecule has 0 saturated heterocycles. The van der Waals surface area contributed by atoms with Crippen LogP contribution in [-0.4, -0.2) is 18.6 Å². The summed E-state index contributed by atoms with van der Waals surface area (Å²) in [6, 6.07) is 18.6. The smallest absolute Gasteiger partial charge is 0.224 e. The van der Waals surface area contributed by atoms with Crippen LogP contribution in [0.3, 0.4) is 0 Å². The fraction of sp³-hybridized carbons (Fsp3) is 0.417. The van der Waals surface area contributed by atoms with Crippen molar-refractivity contribution in [1.82, 2.24) is 5.32 Å². The maximum atomic E-state index is 12.7. The molecule has 1 aliphatic rings. The summed E-state index contributed by atoms with van der Waals surface area (Å²) in [7, 11) is 0. The third kappa shape index (κ3) is 4.72. The molecule has 146 valence electrons. The summed E-state index contributed by atoms with van der Waals surface area (Å²) in [6.45, 7) is 4.11. The first kappa shape index (κ1) is 19.9. The number of carbonyl (C=O) groups is 1. The summed E-state index contributed by atoms with van der Waals surface area (Å²) in [4.78, 5) is 12.7. The first-order valence-corrected chi connectivity index (χ1v) is 10.1. The molecule has 1 saturated carbocycles. The van der Waals surface area contributed by atoms with E-state index in [-0.39, 0.29) is 30.4 Å². The SMILES string of the molecule is CC(C)Oc1ccc(-c2ccccc2C2CCCCC2C(=O)NCC#N)cc1. The standard InChI is InChI=1S/C24H28N2O2/c1-17(2)28-19-13-11-18(12-14-19)20-7-3-4-8-21(20)22-9-5-6-10-23(22)24(27)26-16-15-25/h3-4,7-8,11-14,17,22-23H,5-6,9-10,16H2,1-2H3,(H,26,27). The van der Waals surface area contributed by atoms with Crippen molar-refractivity contribution < 1.29 is 9.53 Å². The molecule has 0 spiro atoms. The van der Waals surface area contributed by atoms with Crippen LogP contribution in [0.5, 0.6) is 5.75 Å². The van der Waals surface area contributed by atoms with Crippen LogP contribution in [0.25, 0.3) is 11.1 Å². The van der Waals surface area contributed by atoms with E-state index in [1.165, 1.54) is 11.1 Å². The lowest BCUT2D eigenvalue weighted by Gasteiger charge is -2.32. The number of rotatable bonds is 6. The van der Waals surface area contributed by atoms with Gasteiger partial charge in [-0.3, -0.25) is 4.79 Å². The number of carbonyl (C=O) groups excluding carboxylic acids is 1. The Hall–Kier alpha value is -2.80. The largest absolute Gasteiger partial charge is 0.491 e. The highest BCUT2D eigenvalue weighted by Crippen LogP contribution is 2.42. The van der Waals surface area contributed by atoms with Crippen LogP contribution in [0.4, 0.5) is 0 Å². The fourth-order valence-electron chi connectivity index (χ4n) is 4.14. The topological polar surface area (TPSA) is 62.1 Å². The van der Waals surface area contributed by atoms with E-state index >= 15 is 0 Å². The predicted octanol–water partition coefficient (Wildman–Crippen LogP) is 5.05. The van der Waals surface area contributed by atoms with Gasteiger partial charge in [-0.25, -0.2) is 0 Å². The van der Waals surface area contributed by atoms with Crippen LogP contribution in [-0.2, 0) is 4.79 Å². The quantitative estimate of drug-likeness (QED) is 0.717. The highest BCUT2D eigenvalue weighted by molar-refractivity contribution is 5.81. The van der Waals surface area contributed by atoms with Crippen molar-refractivity contribution in [1.29, 1.82) is 5.26 Å². The van der Waals surface area contributed by atoms with Gasteiger partial charge >= 0.3 is 0 Å². The second-order valence-electron chi connectivity index (χ2n) is 7.65. The molecule has 2 aromatic carbocycles. The molecule has 0 aromatic heterocycles. The van der Waals surface area contributed by atoms with Crippen molar-refractivity contribution in [2.24, 2.45) is 5.92 Å². The van der Waals surface area contributed by atoms with Crippen LogP contribution in [0, 0.1) is 17.2 Å². The normalized spacial score (nSPS) is 19.1. The third-order valence-electron chi connectivity index (χ3n) is 5.34. The Kier molecular flexibility index (Phi) is 6.71. The van der Waals surface area contributed by atoms with Crippen molar-refractivity contribution in [3.8, 4) is 22.9 Å². The molecule has 4 nitrogen and oxygen atoms in total. The molecule has 3 rings (SSSR count). The summed E-state index contributed by atoms with van der Waals surface area (Å²) in [5.74, 6) is 0.964. The van der Waals surface area contributed by atoms with Gasteiger partial charge in [-0.1, -0.05) is 49.2 Å². The van der Waals surface area contributed by atoms with E-state index in [1.807, 2.05) is 44.2 Å². The van der Waals surface area contributed by atoms with Gasteiger partial charge in [0.15, 0.2) is 0 Å². The van der Waals surface area contributed by atoms with Crippen LogP contribution in [0.15, 0.2) is 48.5 Å². The van der Waals surface area contributed by atoms with Crippen molar-refractivity contribution in [2.75, 3.05) is 6.54 Å². The minimum Gasteiger partial charge on any atom is -0.491 e. The zero-order chi connectivity index (χ0) is 19.9. The summed E-state index contributed by atoms with van der Waals surface area (Å²) in [6.07, 6.45) is 4.20. The molecule has 0 aliphatic heterocycles. The monoisotopic (exact) mass is 376 g/mol. The average Bonchev–Trinajstić information content (AvgIpc) is 2.72. The van der Waals surface area contributed by atoms with E-state index < -0.39 is 0 Å². The van der Waals surface area contributed by atoms with Crippen LogP contribution < -0.4 is 10.1 Å². The first-order valence-electron chi connectivity index (χ1n) is 10.1. The van der Waals surface area contributed by atoms with Gasteiger partial charge in [-0.2, -0.15) is 5.26 Å². The molecule has 1 fully saturated rings. The summed E-state index contributed by atoms with van der Waals surface area (Å²) < 4.78 is 5.76. The molecule has 2 aromatic rings. The number of hydrogen-bond donors (Lipinski definition) is 1. The lowest BCUT2D eigenvalue weighted by Crippen LogP contribution is -2.36. The zero-order valence-corrected chi connectivity index (χ0v) is 16.7. The van der Waals surface area contributed by atoms with Gasteiger partial charge in [0.25, 0.3) is 0 Å². The second kappa shape index (κ2) is 9.41. The molecule has 28 heavy (non-hydrogen) atoms. The number of ether oxygens (including phenoxy) is 1. The zero-order valence-electron chi connectivity index (χ0n) is 16.7. The summed E-state index contributed by atoms with van der Waals surface area (Å²) >= 11 is 0. The Morgan fingerprint density at radius 1 is 1.14 bits per heavy atom. The van der Waals surface area contributed by atoms with E-state index in [0.717, 1.165) is 37.0 Å². The molecular weight excluding hydrogens is 348 g/mol. The molecule has 4 heteroatoms. The van der Waals surface area contributed by atoms with Gasteiger partial charge in [0, 0.05) is 5.92 Å². The molecule has 1 aliphatic carbocycles. The maximum Gasteiger partial charge on any atom is 0.224 e. The Morgan fingerprint density at radius 2 is 1.86 bits per heavy atom. The van der Waals surface area contributed by atoms with Crippen molar-refractivity contribution in [3.63, 3.8) is 0 Å². The van der Waals surface area contributed by atoms with E-state index in [0.29, 0.717) is 0 Å². The molecule has 2 atom stereocenters. The van der Waals surface area contributed by atoms with Crippen molar-refractivity contribution in [2.45, 2.75) is 51.6 Å². The highest BCUT2D eigenvalue weighted by Gasteiger charge is 2.33.